The van der Waals surface area contributed by atoms with Gasteiger partial charge in [-0.25, -0.2) is 0 Å². The molecule has 0 saturated carbocycles. The molecule has 0 fully saturated rings. The fourth-order valence-electron chi connectivity index (χ4n) is 1.04. The molecule has 76 valence electrons. The van der Waals surface area contributed by atoms with Crippen LogP contribution in [-0.4, -0.2) is 11.9 Å². The quantitative estimate of drug-likeness (QED) is 0.827. The van der Waals surface area contributed by atoms with Gasteiger partial charge in [0.15, 0.2) is 0 Å². The van der Waals surface area contributed by atoms with Crippen LogP contribution < -0.4 is 11.5 Å². The monoisotopic (exact) mass is 232 g/mol. The van der Waals surface area contributed by atoms with E-state index in [-0.39, 0.29) is 0 Å². The van der Waals surface area contributed by atoms with Gasteiger partial charge in [0, 0.05) is 0 Å². The van der Waals surface area contributed by atoms with Crippen molar-refractivity contribution in [2.45, 2.75) is 12.5 Å². The first-order valence-corrected chi connectivity index (χ1v) is 4.75. The molecule has 0 aromatic heterocycles. The third-order valence-electron chi connectivity index (χ3n) is 1.84. The predicted octanol–water partition coefficient (Wildman–Crippen LogP) is 1.35. The van der Waals surface area contributed by atoms with Crippen LogP contribution in [0.3, 0.4) is 0 Å². The van der Waals surface area contributed by atoms with Crippen LogP contribution in [0.2, 0.25) is 10.0 Å². The van der Waals surface area contributed by atoms with Gasteiger partial charge in [-0.1, -0.05) is 35.3 Å². The Bertz CT molecular complexity index is 355. The van der Waals surface area contributed by atoms with Crippen molar-refractivity contribution < 1.29 is 4.79 Å². The highest BCUT2D eigenvalue weighted by atomic mass is 35.5. The van der Waals surface area contributed by atoms with E-state index >= 15 is 0 Å². The summed E-state index contributed by atoms with van der Waals surface area (Å²) in [5, 5.41) is 0.867. The molecule has 1 atom stereocenters. The number of hydrogen-bond acceptors (Lipinski definition) is 2. The first-order chi connectivity index (χ1) is 6.52. The Hall–Kier alpha value is -0.770. The molecule has 5 heteroatoms. The van der Waals surface area contributed by atoms with E-state index in [2.05, 4.69) is 0 Å². The van der Waals surface area contributed by atoms with E-state index in [0.717, 1.165) is 5.56 Å². The number of nitrogens with two attached hydrogens (primary N) is 2. The van der Waals surface area contributed by atoms with Crippen LogP contribution in [0, 0.1) is 0 Å². The molecule has 1 rings (SSSR count). The van der Waals surface area contributed by atoms with Crippen molar-refractivity contribution in [2.75, 3.05) is 0 Å². The lowest BCUT2D eigenvalue weighted by atomic mass is 10.1. The molecule has 0 saturated heterocycles. The second-order valence-electron chi connectivity index (χ2n) is 2.93. The number of carbonyl (C=O) groups excluding carboxylic acids is 1. The van der Waals surface area contributed by atoms with Crippen molar-refractivity contribution in [3.05, 3.63) is 33.8 Å². The summed E-state index contributed by atoms with van der Waals surface area (Å²) in [5.41, 5.74) is 11.3. The van der Waals surface area contributed by atoms with Crippen molar-refractivity contribution in [1.82, 2.24) is 0 Å². The lowest BCUT2D eigenvalue weighted by molar-refractivity contribution is -0.119. The van der Waals surface area contributed by atoms with Crippen LogP contribution >= 0.6 is 23.2 Å². The average Bonchev–Trinajstić information content (AvgIpc) is 2.12. The Morgan fingerprint density at radius 1 is 1.43 bits per heavy atom. The van der Waals surface area contributed by atoms with Gasteiger partial charge in [0.1, 0.15) is 0 Å². The number of amides is 1. The van der Waals surface area contributed by atoms with E-state index < -0.39 is 11.9 Å². The van der Waals surface area contributed by atoms with E-state index in [0.29, 0.717) is 16.5 Å². The number of benzene rings is 1. The van der Waals surface area contributed by atoms with E-state index in [1.165, 1.54) is 0 Å². The molecule has 1 amide bonds. The lowest BCUT2D eigenvalue weighted by Gasteiger charge is -2.09. The van der Waals surface area contributed by atoms with Gasteiger partial charge in [-0.2, -0.15) is 0 Å². The summed E-state index contributed by atoms with van der Waals surface area (Å²) in [7, 11) is 0. The highest BCUT2D eigenvalue weighted by molar-refractivity contribution is 6.42. The highest BCUT2D eigenvalue weighted by Gasteiger charge is 2.13. The van der Waals surface area contributed by atoms with Crippen LogP contribution in [0.1, 0.15) is 5.56 Å². The largest absolute Gasteiger partial charge is 0.368 e. The molecule has 3 nitrogen and oxygen atoms in total. The molecular formula is C9H10Cl2N2O. The minimum atomic E-state index is -0.731. The molecular weight excluding hydrogens is 223 g/mol. The van der Waals surface area contributed by atoms with E-state index in [1.807, 2.05) is 0 Å². The fourth-order valence-corrected chi connectivity index (χ4v) is 1.44. The third kappa shape index (κ3) is 2.61. The van der Waals surface area contributed by atoms with Gasteiger partial charge in [0.05, 0.1) is 16.1 Å². The van der Waals surface area contributed by atoms with Crippen molar-refractivity contribution in [1.29, 1.82) is 0 Å². The Kier molecular flexibility index (Phi) is 3.75. The Morgan fingerprint density at radius 3 is 2.64 bits per heavy atom. The molecule has 0 aliphatic rings. The van der Waals surface area contributed by atoms with Gasteiger partial charge in [-0.05, 0) is 18.1 Å². The highest BCUT2D eigenvalue weighted by Crippen LogP contribution is 2.26. The molecule has 1 aromatic carbocycles. The predicted molar refractivity (Wildman–Crippen MR) is 57.3 cm³/mol. The maximum atomic E-state index is 10.7. The average molecular weight is 233 g/mol. The smallest absolute Gasteiger partial charge is 0.234 e. The molecule has 0 radical (unpaired) electrons. The van der Waals surface area contributed by atoms with Gasteiger partial charge >= 0.3 is 0 Å². The number of rotatable bonds is 3. The Labute approximate surface area is 92.0 Å². The molecule has 1 aromatic rings. The molecule has 1 unspecified atom stereocenters. The summed E-state index contributed by atoms with van der Waals surface area (Å²) in [6, 6.07) is 4.45. The molecule has 0 heterocycles. The van der Waals surface area contributed by atoms with Gasteiger partial charge < -0.3 is 11.5 Å². The zero-order valence-electron chi connectivity index (χ0n) is 7.34. The summed E-state index contributed by atoms with van der Waals surface area (Å²) in [6.07, 6.45) is 0.300. The summed E-state index contributed by atoms with van der Waals surface area (Å²) in [4.78, 5) is 10.7. The Morgan fingerprint density at radius 2 is 2.07 bits per heavy atom. The van der Waals surface area contributed by atoms with Crippen LogP contribution in [0.15, 0.2) is 18.2 Å². The second kappa shape index (κ2) is 4.64. The van der Waals surface area contributed by atoms with E-state index in [1.54, 1.807) is 18.2 Å². The molecule has 14 heavy (non-hydrogen) atoms. The molecule has 4 N–H and O–H groups in total. The van der Waals surface area contributed by atoms with Crippen LogP contribution in [0.5, 0.6) is 0 Å². The van der Waals surface area contributed by atoms with E-state index in [9.17, 15) is 4.79 Å². The third-order valence-corrected chi connectivity index (χ3v) is 2.69. The fraction of sp³-hybridized carbons (Fsp3) is 0.222. The SMILES string of the molecule is NC(=O)C(N)Cc1cccc(Cl)c1Cl. The topological polar surface area (TPSA) is 69.1 Å². The molecule has 0 bridgehead atoms. The van der Waals surface area contributed by atoms with Crippen LogP contribution in [-0.2, 0) is 11.2 Å². The van der Waals surface area contributed by atoms with Gasteiger partial charge in [-0.15, -0.1) is 0 Å². The van der Waals surface area contributed by atoms with Crippen molar-refractivity contribution in [2.24, 2.45) is 11.5 Å². The molecule has 0 aliphatic heterocycles. The maximum Gasteiger partial charge on any atom is 0.234 e. The van der Waals surface area contributed by atoms with E-state index in [4.69, 9.17) is 34.7 Å². The maximum absolute atomic E-state index is 10.7. The number of hydrogen-bond donors (Lipinski definition) is 2. The van der Waals surface area contributed by atoms with Crippen LogP contribution in [0.4, 0.5) is 0 Å². The summed E-state index contributed by atoms with van der Waals surface area (Å²) >= 11 is 11.7. The zero-order chi connectivity index (χ0) is 10.7. The number of halogens is 2. The lowest BCUT2D eigenvalue weighted by Crippen LogP contribution is -2.38. The summed E-state index contributed by atoms with van der Waals surface area (Å²) in [6.45, 7) is 0. The normalized spacial score (nSPS) is 12.5. The zero-order valence-corrected chi connectivity index (χ0v) is 8.85. The minimum Gasteiger partial charge on any atom is -0.368 e. The number of carbonyl (C=O) groups is 1. The first-order valence-electron chi connectivity index (χ1n) is 4.00. The van der Waals surface area contributed by atoms with Gasteiger partial charge in [-0.3, -0.25) is 4.79 Å². The van der Waals surface area contributed by atoms with Gasteiger partial charge in [0.2, 0.25) is 5.91 Å². The van der Waals surface area contributed by atoms with Crippen molar-refractivity contribution in [3.63, 3.8) is 0 Å². The molecule has 0 aliphatic carbocycles. The van der Waals surface area contributed by atoms with Crippen molar-refractivity contribution >= 4 is 29.1 Å². The Balaban J connectivity index is 2.87. The second-order valence-corrected chi connectivity index (χ2v) is 3.71. The summed E-state index contributed by atoms with van der Waals surface area (Å²) < 4.78 is 0. The summed E-state index contributed by atoms with van der Waals surface area (Å²) in [5.74, 6) is -0.555. The molecule has 0 spiro atoms. The number of primary amides is 1. The minimum absolute atomic E-state index is 0.300. The van der Waals surface area contributed by atoms with Gasteiger partial charge in [0.25, 0.3) is 0 Å². The first kappa shape index (κ1) is 11.3. The standard InChI is InChI=1S/C9H10Cl2N2O/c10-6-3-1-2-5(8(6)11)4-7(12)9(13)14/h1-3,7H,4,12H2,(H2,13,14). The van der Waals surface area contributed by atoms with Crippen molar-refractivity contribution in [3.8, 4) is 0 Å². The van der Waals surface area contributed by atoms with Crippen LogP contribution in [0.25, 0.3) is 0 Å².